The Balaban J connectivity index is 1.45. The molecule has 1 saturated heterocycles. The minimum atomic E-state index is 0.302. The van der Waals surface area contributed by atoms with Crippen LogP contribution in [0.25, 0.3) is 0 Å². The molecule has 0 spiro atoms. The van der Waals surface area contributed by atoms with Crippen LogP contribution < -0.4 is 0 Å². The third-order valence-corrected chi connectivity index (χ3v) is 8.85. The molecule has 4 rings (SSSR count). The van der Waals surface area contributed by atoms with Crippen molar-refractivity contribution < 1.29 is 0 Å². The van der Waals surface area contributed by atoms with Crippen molar-refractivity contribution in [1.29, 1.82) is 0 Å². The number of hydrogen-bond acceptors (Lipinski definition) is 1. The van der Waals surface area contributed by atoms with Gasteiger partial charge in [0.1, 0.15) is 0 Å². The molecule has 2 saturated carbocycles. The largest absolute Gasteiger partial charge is 0.154 e. The van der Waals surface area contributed by atoms with E-state index in [0.29, 0.717) is 10.8 Å². The minimum absolute atomic E-state index is 0.302. The van der Waals surface area contributed by atoms with Crippen molar-refractivity contribution in [2.45, 2.75) is 72.6 Å². The normalized spacial score (nSPS) is 53.2. The monoisotopic (exact) mass is 344 g/mol. The molecule has 0 aromatic carbocycles. The van der Waals surface area contributed by atoms with Crippen molar-refractivity contribution in [3.05, 3.63) is 12.2 Å². The maximum Gasteiger partial charge on any atom is 0.0353 e. The summed E-state index contributed by atoms with van der Waals surface area (Å²) in [5, 5.41) is 2.45. The first-order valence-corrected chi connectivity index (χ1v) is 10.6. The fourth-order valence-corrected chi connectivity index (χ4v) is 8.40. The molecule has 3 heteroatoms. The lowest BCUT2D eigenvalue weighted by Crippen LogP contribution is -2.33. The molecule has 7 atom stereocenters. The SMILES string of the molecule is ClC1CC(Cl)CC(C2C=CC3C(C2)SC2CCCCC23)C1. The van der Waals surface area contributed by atoms with Crippen LogP contribution in [-0.2, 0) is 0 Å². The number of allylic oxidation sites excluding steroid dienone is 2. The van der Waals surface area contributed by atoms with E-state index < -0.39 is 0 Å². The summed E-state index contributed by atoms with van der Waals surface area (Å²) >= 11 is 15.2. The lowest BCUT2D eigenvalue weighted by molar-refractivity contribution is 0.243. The van der Waals surface area contributed by atoms with Gasteiger partial charge < -0.3 is 0 Å². The molecule has 3 aliphatic carbocycles. The van der Waals surface area contributed by atoms with Gasteiger partial charge in [0.2, 0.25) is 0 Å². The molecule has 0 bridgehead atoms. The second kappa shape index (κ2) is 6.29. The molecular weight excluding hydrogens is 319 g/mol. The topological polar surface area (TPSA) is 0 Å². The van der Waals surface area contributed by atoms with Gasteiger partial charge in [-0.1, -0.05) is 25.0 Å². The predicted molar refractivity (Wildman–Crippen MR) is 94.5 cm³/mol. The number of hydrogen-bond donors (Lipinski definition) is 0. The zero-order valence-corrected chi connectivity index (χ0v) is 14.9. The molecule has 0 amide bonds. The van der Waals surface area contributed by atoms with Gasteiger partial charge in [-0.2, -0.15) is 11.8 Å². The number of halogens is 2. The maximum atomic E-state index is 6.42. The number of thioether (sulfide) groups is 1. The van der Waals surface area contributed by atoms with Crippen LogP contribution in [0.5, 0.6) is 0 Å². The highest BCUT2D eigenvalue weighted by atomic mass is 35.5. The summed E-state index contributed by atoms with van der Waals surface area (Å²) < 4.78 is 0. The Morgan fingerprint density at radius 3 is 2.38 bits per heavy atom. The molecule has 21 heavy (non-hydrogen) atoms. The zero-order valence-electron chi connectivity index (χ0n) is 12.6. The fourth-order valence-electron chi connectivity index (χ4n) is 5.35. The minimum Gasteiger partial charge on any atom is -0.154 e. The quantitative estimate of drug-likeness (QED) is 0.423. The third kappa shape index (κ3) is 3.04. The first-order chi connectivity index (χ1) is 10.2. The average Bonchev–Trinajstić information content (AvgIpc) is 2.83. The van der Waals surface area contributed by atoms with Gasteiger partial charge in [-0.25, -0.2) is 0 Å². The van der Waals surface area contributed by atoms with E-state index in [2.05, 4.69) is 23.9 Å². The molecule has 7 unspecified atom stereocenters. The van der Waals surface area contributed by atoms with Crippen LogP contribution >= 0.6 is 35.0 Å². The summed E-state index contributed by atoms with van der Waals surface area (Å²) in [6.07, 6.45) is 15.8. The molecule has 1 heterocycles. The molecule has 0 aromatic rings. The van der Waals surface area contributed by atoms with E-state index in [9.17, 15) is 0 Å². The summed E-state index contributed by atoms with van der Waals surface area (Å²) in [4.78, 5) is 0. The summed E-state index contributed by atoms with van der Waals surface area (Å²) in [5.41, 5.74) is 0. The molecule has 3 fully saturated rings. The van der Waals surface area contributed by atoms with E-state index in [0.717, 1.165) is 40.6 Å². The molecular formula is C18H26Cl2S. The molecule has 4 aliphatic rings. The smallest absolute Gasteiger partial charge is 0.0353 e. The van der Waals surface area contributed by atoms with Crippen molar-refractivity contribution in [2.24, 2.45) is 23.7 Å². The Morgan fingerprint density at radius 1 is 0.810 bits per heavy atom. The van der Waals surface area contributed by atoms with Crippen LogP contribution in [0, 0.1) is 23.7 Å². The molecule has 118 valence electrons. The van der Waals surface area contributed by atoms with Gasteiger partial charge >= 0.3 is 0 Å². The average molecular weight is 345 g/mol. The van der Waals surface area contributed by atoms with Crippen LogP contribution in [0.3, 0.4) is 0 Å². The number of alkyl halides is 2. The lowest BCUT2D eigenvalue weighted by atomic mass is 9.70. The Bertz CT molecular complexity index is 400. The lowest BCUT2D eigenvalue weighted by Gasteiger charge is -2.37. The Morgan fingerprint density at radius 2 is 1.57 bits per heavy atom. The van der Waals surface area contributed by atoms with Crippen LogP contribution in [0.2, 0.25) is 0 Å². The predicted octanol–water partition coefficient (Wildman–Crippen LogP) is 5.87. The second-order valence-corrected chi connectivity index (χ2v) is 10.4. The molecule has 0 N–H and O–H groups in total. The third-order valence-electron chi connectivity index (χ3n) is 6.35. The molecule has 0 aromatic heterocycles. The highest BCUT2D eigenvalue weighted by Gasteiger charge is 2.46. The van der Waals surface area contributed by atoms with E-state index in [4.69, 9.17) is 23.2 Å². The molecule has 0 radical (unpaired) electrons. The summed E-state index contributed by atoms with van der Waals surface area (Å²) in [5.74, 6) is 3.32. The van der Waals surface area contributed by atoms with Crippen LogP contribution in [0.15, 0.2) is 12.2 Å². The van der Waals surface area contributed by atoms with Gasteiger partial charge in [0.15, 0.2) is 0 Å². The van der Waals surface area contributed by atoms with Gasteiger partial charge in [0.05, 0.1) is 0 Å². The van der Waals surface area contributed by atoms with Gasteiger partial charge in [0, 0.05) is 21.3 Å². The van der Waals surface area contributed by atoms with Crippen molar-refractivity contribution in [3.63, 3.8) is 0 Å². The van der Waals surface area contributed by atoms with E-state index in [-0.39, 0.29) is 0 Å². The van der Waals surface area contributed by atoms with Crippen molar-refractivity contribution in [1.82, 2.24) is 0 Å². The van der Waals surface area contributed by atoms with E-state index in [1.165, 1.54) is 44.9 Å². The number of rotatable bonds is 1. The van der Waals surface area contributed by atoms with Crippen molar-refractivity contribution in [2.75, 3.05) is 0 Å². The van der Waals surface area contributed by atoms with Crippen LogP contribution in [-0.4, -0.2) is 21.3 Å². The summed E-state index contributed by atoms with van der Waals surface area (Å²) in [7, 11) is 0. The standard InChI is InChI=1S/C18H26Cl2S/c19-13-7-12(8-14(20)10-13)11-5-6-16-15-3-1-2-4-17(15)21-18(16)9-11/h5-6,11-18H,1-4,7-10H2. The molecule has 0 nitrogen and oxygen atoms in total. The first kappa shape index (κ1) is 15.2. The first-order valence-electron chi connectivity index (χ1n) is 8.82. The van der Waals surface area contributed by atoms with Crippen molar-refractivity contribution in [3.8, 4) is 0 Å². The van der Waals surface area contributed by atoms with Crippen molar-refractivity contribution >= 4 is 35.0 Å². The van der Waals surface area contributed by atoms with Gasteiger partial charge in [-0.05, 0) is 62.2 Å². The van der Waals surface area contributed by atoms with Gasteiger partial charge in [-0.15, -0.1) is 23.2 Å². The summed E-state index contributed by atoms with van der Waals surface area (Å²) in [6.45, 7) is 0. The van der Waals surface area contributed by atoms with Gasteiger partial charge in [0.25, 0.3) is 0 Å². The fraction of sp³-hybridized carbons (Fsp3) is 0.889. The van der Waals surface area contributed by atoms with Gasteiger partial charge in [-0.3, -0.25) is 0 Å². The number of fused-ring (bicyclic) bond motifs is 3. The second-order valence-electron chi connectivity index (χ2n) is 7.68. The Labute approximate surface area is 143 Å². The van der Waals surface area contributed by atoms with E-state index in [1.54, 1.807) is 0 Å². The Kier molecular flexibility index (Phi) is 4.55. The maximum absolute atomic E-state index is 6.42. The Hall–Kier alpha value is 0.670. The van der Waals surface area contributed by atoms with Crippen LogP contribution in [0.1, 0.15) is 51.4 Å². The van der Waals surface area contributed by atoms with Crippen LogP contribution in [0.4, 0.5) is 0 Å². The summed E-state index contributed by atoms with van der Waals surface area (Å²) in [6, 6.07) is 0. The van der Waals surface area contributed by atoms with E-state index in [1.807, 2.05) is 0 Å². The van der Waals surface area contributed by atoms with E-state index >= 15 is 0 Å². The highest BCUT2D eigenvalue weighted by Crippen LogP contribution is 2.55. The zero-order chi connectivity index (χ0) is 14.4. The molecule has 1 aliphatic heterocycles. The highest BCUT2D eigenvalue weighted by molar-refractivity contribution is 8.00.